The molecule has 1 heterocycles. The van der Waals surface area contributed by atoms with Crippen molar-refractivity contribution in [2.24, 2.45) is 30.5 Å². The highest BCUT2D eigenvalue weighted by Gasteiger charge is 2.41. The zero-order valence-electron chi connectivity index (χ0n) is 12.1. The van der Waals surface area contributed by atoms with Crippen LogP contribution in [-0.2, 0) is 7.05 Å². The van der Waals surface area contributed by atoms with E-state index in [1.807, 2.05) is 17.9 Å². The van der Waals surface area contributed by atoms with Crippen LogP contribution in [0.4, 0.5) is 0 Å². The molecule has 0 aliphatic heterocycles. The third kappa shape index (κ3) is 2.84. The molecule has 0 amide bonds. The normalized spacial score (nSPS) is 21.1. The molecule has 0 radical (unpaired) electrons. The topological polar surface area (TPSA) is 55.9 Å². The summed E-state index contributed by atoms with van der Waals surface area (Å²) < 4.78 is 1.93. The van der Waals surface area contributed by atoms with E-state index in [2.05, 4.69) is 17.3 Å². The van der Waals surface area contributed by atoms with E-state index in [1.54, 1.807) is 0 Å². The first-order valence-corrected chi connectivity index (χ1v) is 7.62. The first kappa shape index (κ1) is 13.1. The lowest BCUT2D eigenvalue weighted by Crippen LogP contribution is -2.33. The van der Waals surface area contributed by atoms with Gasteiger partial charge in [0.15, 0.2) is 0 Å². The fraction of sp³-hybridized carbons (Fsp3) is 0.800. The minimum absolute atomic E-state index is 0.258. The van der Waals surface area contributed by atoms with Gasteiger partial charge in [0.05, 0.1) is 6.20 Å². The standard InChI is InChI=1S/C15H26N4/c1-10-13(9-18-19(10)2)15(7-16)17-8-14(11-3-4-11)12-5-6-12/h9,11-12,14-15,17H,3-8,16H2,1-2H3. The molecule has 0 bridgehead atoms. The van der Waals surface area contributed by atoms with Crippen molar-refractivity contribution < 1.29 is 0 Å². The number of rotatable bonds is 7. The second-order valence-electron chi connectivity index (χ2n) is 6.34. The first-order chi connectivity index (χ1) is 9.20. The second kappa shape index (κ2) is 5.25. The van der Waals surface area contributed by atoms with E-state index >= 15 is 0 Å². The minimum Gasteiger partial charge on any atom is -0.329 e. The molecule has 2 aliphatic rings. The summed E-state index contributed by atoms with van der Waals surface area (Å²) in [5.41, 5.74) is 8.43. The van der Waals surface area contributed by atoms with Crippen molar-refractivity contribution in [1.82, 2.24) is 15.1 Å². The molecule has 4 nitrogen and oxygen atoms in total. The monoisotopic (exact) mass is 262 g/mol. The van der Waals surface area contributed by atoms with Gasteiger partial charge >= 0.3 is 0 Å². The van der Waals surface area contributed by atoms with Crippen molar-refractivity contribution in [1.29, 1.82) is 0 Å². The highest BCUT2D eigenvalue weighted by atomic mass is 15.3. The van der Waals surface area contributed by atoms with Gasteiger partial charge in [0.1, 0.15) is 0 Å². The largest absolute Gasteiger partial charge is 0.329 e. The molecule has 1 aromatic rings. The SMILES string of the molecule is Cc1c(C(CN)NCC(C2CC2)C2CC2)cnn1C. The molecular formula is C15H26N4. The van der Waals surface area contributed by atoms with Crippen molar-refractivity contribution in [2.75, 3.05) is 13.1 Å². The maximum Gasteiger partial charge on any atom is 0.0540 e. The van der Waals surface area contributed by atoms with E-state index < -0.39 is 0 Å². The van der Waals surface area contributed by atoms with Gasteiger partial charge in [-0.25, -0.2) is 0 Å². The van der Waals surface area contributed by atoms with Gasteiger partial charge in [0.2, 0.25) is 0 Å². The van der Waals surface area contributed by atoms with Crippen LogP contribution < -0.4 is 11.1 Å². The Morgan fingerprint density at radius 1 is 1.37 bits per heavy atom. The summed E-state index contributed by atoms with van der Waals surface area (Å²) in [6.45, 7) is 3.89. The fourth-order valence-corrected chi connectivity index (χ4v) is 3.22. The van der Waals surface area contributed by atoms with Crippen LogP contribution in [0.5, 0.6) is 0 Å². The molecule has 2 saturated carbocycles. The van der Waals surface area contributed by atoms with Crippen LogP contribution in [0.15, 0.2) is 6.20 Å². The van der Waals surface area contributed by atoms with Crippen LogP contribution in [-0.4, -0.2) is 22.9 Å². The van der Waals surface area contributed by atoms with Crippen LogP contribution in [0.2, 0.25) is 0 Å². The van der Waals surface area contributed by atoms with Gasteiger partial charge in [-0.05, 0) is 56.9 Å². The number of nitrogens with zero attached hydrogens (tertiary/aromatic N) is 2. The first-order valence-electron chi connectivity index (χ1n) is 7.62. The number of hydrogen-bond acceptors (Lipinski definition) is 3. The lowest BCUT2D eigenvalue weighted by molar-refractivity contribution is 0.357. The lowest BCUT2D eigenvalue weighted by atomic mass is 9.97. The molecule has 4 heteroatoms. The van der Waals surface area contributed by atoms with Gasteiger partial charge in [0.25, 0.3) is 0 Å². The van der Waals surface area contributed by atoms with Crippen molar-refractivity contribution >= 4 is 0 Å². The Labute approximate surface area is 115 Å². The quantitative estimate of drug-likeness (QED) is 0.787. The molecule has 1 aromatic heterocycles. The van der Waals surface area contributed by atoms with Crippen LogP contribution in [0.1, 0.15) is 43.0 Å². The molecule has 1 unspecified atom stereocenters. The Hall–Kier alpha value is -0.870. The highest BCUT2D eigenvalue weighted by Crippen LogP contribution is 2.48. The molecule has 0 spiro atoms. The third-order valence-corrected chi connectivity index (χ3v) is 4.94. The van der Waals surface area contributed by atoms with Gasteiger partial charge in [-0.2, -0.15) is 5.10 Å². The summed E-state index contributed by atoms with van der Waals surface area (Å²) in [4.78, 5) is 0. The van der Waals surface area contributed by atoms with Crippen molar-refractivity contribution in [2.45, 2.75) is 38.6 Å². The van der Waals surface area contributed by atoms with E-state index in [0.717, 1.165) is 24.3 Å². The predicted octanol–water partition coefficient (Wildman–Crippen LogP) is 1.75. The summed E-state index contributed by atoms with van der Waals surface area (Å²) in [5, 5.41) is 8.03. The molecule has 0 aromatic carbocycles. The fourth-order valence-electron chi connectivity index (χ4n) is 3.22. The molecule has 19 heavy (non-hydrogen) atoms. The van der Waals surface area contributed by atoms with Gasteiger partial charge in [0, 0.05) is 30.9 Å². The van der Waals surface area contributed by atoms with E-state index in [0.29, 0.717) is 6.54 Å². The van der Waals surface area contributed by atoms with Crippen molar-refractivity contribution in [3.63, 3.8) is 0 Å². The molecule has 3 N–H and O–H groups in total. The van der Waals surface area contributed by atoms with Crippen molar-refractivity contribution in [3.05, 3.63) is 17.5 Å². The summed E-state index contributed by atoms with van der Waals surface area (Å²) in [6, 6.07) is 0.258. The summed E-state index contributed by atoms with van der Waals surface area (Å²) in [6.07, 6.45) is 7.75. The van der Waals surface area contributed by atoms with E-state index in [-0.39, 0.29) is 6.04 Å². The van der Waals surface area contributed by atoms with E-state index in [1.165, 1.54) is 36.9 Å². The lowest BCUT2D eigenvalue weighted by Gasteiger charge is -2.22. The smallest absolute Gasteiger partial charge is 0.0540 e. The maximum absolute atomic E-state index is 5.95. The Morgan fingerprint density at radius 2 is 2.00 bits per heavy atom. The predicted molar refractivity (Wildman–Crippen MR) is 76.7 cm³/mol. The second-order valence-corrected chi connectivity index (χ2v) is 6.34. The molecule has 2 aliphatic carbocycles. The Morgan fingerprint density at radius 3 is 2.42 bits per heavy atom. The molecule has 1 atom stereocenters. The average molecular weight is 262 g/mol. The van der Waals surface area contributed by atoms with Crippen LogP contribution in [0, 0.1) is 24.7 Å². The maximum atomic E-state index is 5.95. The number of hydrogen-bond donors (Lipinski definition) is 2. The van der Waals surface area contributed by atoms with Gasteiger partial charge in [-0.3, -0.25) is 4.68 Å². The highest BCUT2D eigenvalue weighted by molar-refractivity contribution is 5.21. The van der Waals surface area contributed by atoms with E-state index in [9.17, 15) is 0 Å². The molecule has 0 saturated heterocycles. The zero-order valence-corrected chi connectivity index (χ0v) is 12.1. The Balaban J connectivity index is 1.61. The summed E-state index contributed by atoms with van der Waals surface area (Å²) in [7, 11) is 1.99. The van der Waals surface area contributed by atoms with Crippen LogP contribution in [0.25, 0.3) is 0 Å². The van der Waals surface area contributed by atoms with Crippen molar-refractivity contribution in [3.8, 4) is 0 Å². The third-order valence-electron chi connectivity index (χ3n) is 4.94. The molecule has 106 valence electrons. The summed E-state index contributed by atoms with van der Waals surface area (Å²) >= 11 is 0. The van der Waals surface area contributed by atoms with E-state index in [4.69, 9.17) is 5.73 Å². The number of nitrogens with one attached hydrogen (secondary N) is 1. The van der Waals surface area contributed by atoms with Gasteiger partial charge < -0.3 is 11.1 Å². The zero-order chi connectivity index (χ0) is 13.4. The molecule has 2 fully saturated rings. The molecule has 3 rings (SSSR count). The molecular weight excluding hydrogens is 236 g/mol. The van der Waals surface area contributed by atoms with Crippen LogP contribution >= 0.6 is 0 Å². The van der Waals surface area contributed by atoms with Crippen LogP contribution in [0.3, 0.4) is 0 Å². The minimum atomic E-state index is 0.258. The number of aromatic nitrogens is 2. The summed E-state index contributed by atoms with van der Waals surface area (Å²) in [5.74, 6) is 2.88. The Bertz CT molecular complexity index is 419. The number of aryl methyl sites for hydroxylation is 1. The Kier molecular flexibility index (Phi) is 3.63. The number of nitrogens with two attached hydrogens (primary N) is 1. The van der Waals surface area contributed by atoms with Gasteiger partial charge in [-0.15, -0.1) is 0 Å². The average Bonchev–Trinajstić information content (AvgIpc) is 3.29. The van der Waals surface area contributed by atoms with Gasteiger partial charge in [-0.1, -0.05) is 0 Å².